The number of nitrogens with zero attached hydrogens (tertiary/aromatic N) is 3. The van der Waals surface area contributed by atoms with E-state index in [9.17, 15) is 0 Å². The summed E-state index contributed by atoms with van der Waals surface area (Å²) in [6, 6.07) is 4.03. The van der Waals surface area contributed by atoms with Crippen LogP contribution in [0.4, 0.5) is 5.82 Å². The molecule has 0 saturated heterocycles. The molecule has 0 radical (unpaired) electrons. The number of aryl methyl sites for hydroxylation is 1. The Morgan fingerprint density at radius 2 is 2.14 bits per heavy atom. The van der Waals surface area contributed by atoms with E-state index in [1.807, 2.05) is 24.0 Å². The van der Waals surface area contributed by atoms with Gasteiger partial charge in [-0.2, -0.15) is 5.10 Å². The molecule has 0 aromatic carbocycles. The van der Waals surface area contributed by atoms with E-state index in [0.29, 0.717) is 5.92 Å². The van der Waals surface area contributed by atoms with Crippen LogP contribution in [0.15, 0.2) is 24.5 Å². The van der Waals surface area contributed by atoms with Crippen LogP contribution in [0.3, 0.4) is 0 Å². The van der Waals surface area contributed by atoms with Crippen molar-refractivity contribution in [1.29, 1.82) is 0 Å². The first-order chi connectivity index (χ1) is 10.0. The molecule has 1 unspecified atom stereocenters. The van der Waals surface area contributed by atoms with Crippen molar-refractivity contribution in [3.8, 4) is 11.1 Å². The summed E-state index contributed by atoms with van der Waals surface area (Å²) >= 11 is 0. The molecular formula is C17H24N4. The van der Waals surface area contributed by atoms with Gasteiger partial charge >= 0.3 is 0 Å². The van der Waals surface area contributed by atoms with E-state index in [1.54, 1.807) is 6.20 Å². The van der Waals surface area contributed by atoms with Crippen LogP contribution >= 0.6 is 0 Å². The maximum absolute atomic E-state index is 6.30. The summed E-state index contributed by atoms with van der Waals surface area (Å²) in [6.07, 6.45) is 8.70. The van der Waals surface area contributed by atoms with E-state index >= 15 is 0 Å². The molecule has 4 nitrogen and oxygen atoms in total. The lowest BCUT2D eigenvalue weighted by Crippen LogP contribution is -2.26. The highest BCUT2D eigenvalue weighted by Crippen LogP contribution is 2.49. The number of nitrogens with two attached hydrogens (primary N) is 1. The average Bonchev–Trinajstić information content (AvgIpc) is 2.75. The fraction of sp³-hybridized carbons (Fsp3) is 0.529. The van der Waals surface area contributed by atoms with Crippen LogP contribution in [-0.4, -0.2) is 14.8 Å². The zero-order valence-electron chi connectivity index (χ0n) is 13.1. The van der Waals surface area contributed by atoms with E-state index in [-0.39, 0.29) is 5.41 Å². The van der Waals surface area contributed by atoms with Gasteiger partial charge in [-0.3, -0.25) is 9.67 Å². The van der Waals surface area contributed by atoms with Gasteiger partial charge in [0.15, 0.2) is 0 Å². The Balaban J connectivity index is 2.13. The van der Waals surface area contributed by atoms with Crippen molar-refractivity contribution in [3.63, 3.8) is 0 Å². The van der Waals surface area contributed by atoms with Gasteiger partial charge in [0, 0.05) is 36.5 Å². The Hall–Kier alpha value is -1.84. The standard InChI is InChI=1S/C17H24N4/c1-17(2)9-5-4-8-13(17)15-14(16(18)21(3)20-15)12-7-6-10-19-11-12/h6-7,10-11,13H,4-5,8-9,18H2,1-3H3. The zero-order valence-corrected chi connectivity index (χ0v) is 13.1. The molecule has 3 rings (SSSR count). The normalized spacial score (nSPS) is 21.4. The SMILES string of the molecule is Cn1nc(C2CCCCC2(C)C)c(-c2cccnc2)c1N. The molecule has 0 amide bonds. The number of rotatable bonds is 2. The van der Waals surface area contributed by atoms with Crippen LogP contribution < -0.4 is 5.73 Å². The maximum Gasteiger partial charge on any atom is 0.129 e. The molecule has 0 spiro atoms. The highest BCUT2D eigenvalue weighted by Gasteiger charge is 2.37. The summed E-state index contributed by atoms with van der Waals surface area (Å²) < 4.78 is 1.81. The molecule has 2 aromatic rings. The monoisotopic (exact) mass is 284 g/mol. The lowest BCUT2D eigenvalue weighted by atomic mass is 9.67. The Morgan fingerprint density at radius 3 is 2.81 bits per heavy atom. The van der Waals surface area contributed by atoms with Gasteiger partial charge in [-0.05, 0) is 24.3 Å². The van der Waals surface area contributed by atoms with Crippen molar-refractivity contribution >= 4 is 5.82 Å². The first-order valence-electron chi connectivity index (χ1n) is 7.73. The van der Waals surface area contributed by atoms with Crippen molar-refractivity contribution in [1.82, 2.24) is 14.8 Å². The second-order valence-corrected chi connectivity index (χ2v) is 6.80. The molecule has 1 atom stereocenters. The number of hydrogen-bond acceptors (Lipinski definition) is 3. The summed E-state index contributed by atoms with van der Waals surface area (Å²) in [7, 11) is 1.93. The molecule has 1 aliphatic carbocycles. The van der Waals surface area contributed by atoms with Crippen LogP contribution in [0.5, 0.6) is 0 Å². The Morgan fingerprint density at radius 1 is 1.33 bits per heavy atom. The van der Waals surface area contributed by atoms with Crippen molar-refractivity contribution < 1.29 is 0 Å². The van der Waals surface area contributed by atoms with Gasteiger partial charge in [-0.15, -0.1) is 0 Å². The molecule has 1 saturated carbocycles. The summed E-state index contributed by atoms with van der Waals surface area (Å²) in [5, 5.41) is 4.77. The molecule has 21 heavy (non-hydrogen) atoms. The van der Waals surface area contributed by atoms with Crippen molar-refractivity contribution in [2.75, 3.05) is 5.73 Å². The highest BCUT2D eigenvalue weighted by molar-refractivity contribution is 5.76. The summed E-state index contributed by atoms with van der Waals surface area (Å²) in [6.45, 7) is 4.71. The van der Waals surface area contributed by atoms with Crippen molar-refractivity contribution in [2.24, 2.45) is 12.5 Å². The molecule has 4 heteroatoms. The zero-order chi connectivity index (χ0) is 15.0. The summed E-state index contributed by atoms with van der Waals surface area (Å²) in [5.74, 6) is 1.20. The third-order valence-corrected chi connectivity index (χ3v) is 4.91. The van der Waals surface area contributed by atoms with Gasteiger partial charge in [0.05, 0.1) is 5.69 Å². The first kappa shape index (κ1) is 14.1. The minimum absolute atomic E-state index is 0.274. The largest absolute Gasteiger partial charge is 0.383 e. The maximum atomic E-state index is 6.30. The molecule has 0 bridgehead atoms. The average molecular weight is 284 g/mol. The van der Waals surface area contributed by atoms with Crippen molar-refractivity contribution in [3.05, 3.63) is 30.2 Å². The quantitative estimate of drug-likeness (QED) is 0.913. The molecule has 0 aliphatic heterocycles. The van der Waals surface area contributed by atoms with Crippen molar-refractivity contribution in [2.45, 2.75) is 45.4 Å². The number of nitrogen functional groups attached to an aromatic ring is 1. The van der Waals surface area contributed by atoms with E-state index < -0.39 is 0 Å². The van der Waals surface area contributed by atoms with Crippen LogP contribution in [-0.2, 0) is 7.05 Å². The van der Waals surface area contributed by atoms with E-state index in [2.05, 4.69) is 24.9 Å². The second-order valence-electron chi connectivity index (χ2n) is 6.80. The van der Waals surface area contributed by atoms with E-state index in [1.165, 1.54) is 25.7 Å². The first-order valence-corrected chi connectivity index (χ1v) is 7.73. The van der Waals surface area contributed by atoms with Gasteiger partial charge in [-0.25, -0.2) is 0 Å². The third kappa shape index (κ3) is 2.43. The van der Waals surface area contributed by atoms with Gasteiger partial charge in [0.1, 0.15) is 5.82 Å². The summed E-state index contributed by atoms with van der Waals surface area (Å²) in [5.41, 5.74) is 9.87. The van der Waals surface area contributed by atoms with Crippen LogP contribution in [0.25, 0.3) is 11.1 Å². The van der Waals surface area contributed by atoms with E-state index in [4.69, 9.17) is 10.8 Å². The fourth-order valence-electron chi connectivity index (χ4n) is 3.61. The minimum atomic E-state index is 0.274. The Labute approximate surface area is 126 Å². The molecular weight excluding hydrogens is 260 g/mol. The smallest absolute Gasteiger partial charge is 0.129 e. The lowest BCUT2D eigenvalue weighted by molar-refractivity contribution is 0.196. The second kappa shape index (κ2) is 5.17. The third-order valence-electron chi connectivity index (χ3n) is 4.91. The molecule has 112 valence electrons. The lowest BCUT2D eigenvalue weighted by Gasteiger charge is -2.38. The van der Waals surface area contributed by atoms with Gasteiger partial charge in [0.2, 0.25) is 0 Å². The molecule has 2 aromatic heterocycles. The van der Waals surface area contributed by atoms with E-state index in [0.717, 1.165) is 22.6 Å². The number of anilines is 1. The Bertz CT molecular complexity index is 628. The molecule has 2 N–H and O–H groups in total. The molecule has 1 fully saturated rings. The number of aromatic nitrogens is 3. The fourth-order valence-corrected chi connectivity index (χ4v) is 3.61. The number of pyridine rings is 1. The van der Waals surface area contributed by atoms with Crippen LogP contribution in [0.1, 0.15) is 51.1 Å². The van der Waals surface area contributed by atoms with Gasteiger partial charge in [0.25, 0.3) is 0 Å². The summed E-state index contributed by atoms with van der Waals surface area (Å²) in [4.78, 5) is 4.24. The number of hydrogen-bond donors (Lipinski definition) is 1. The van der Waals surface area contributed by atoms with Gasteiger partial charge < -0.3 is 5.73 Å². The van der Waals surface area contributed by atoms with Crippen LogP contribution in [0, 0.1) is 5.41 Å². The predicted molar refractivity (Wildman–Crippen MR) is 85.8 cm³/mol. The highest BCUT2D eigenvalue weighted by atomic mass is 15.3. The minimum Gasteiger partial charge on any atom is -0.383 e. The van der Waals surface area contributed by atoms with Crippen LogP contribution in [0.2, 0.25) is 0 Å². The molecule has 2 heterocycles. The van der Waals surface area contributed by atoms with Gasteiger partial charge in [-0.1, -0.05) is 32.8 Å². The predicted octanol–water partition coefficient (Wildman–Crippen LogP) is 3.75. The Kier molecular flexibility index (Phi) is 3.47. The molecule has 1 aliphatic rings. The topological polar surface area (TPSA) is 56.7 Å².